The number of para-hydroxylation sites is 1. The molecule has 0 radical (unpaired) electrons. The van der Waals surface area contributed by atoms with Crippen LogP contribution in [-0.2, 0) is 6.54 Å². The average Bonchev–Trinajstić information content (AvgIpc) is 2.42. The van der Waals surface area contributed by atoms with E-state index >= 15 is 0 Å². The summed E-state index contributed by atoms with van der Waals surface area (Å²) >= 11 is 0. The molecule has 0 heterocycles. The SMILES string of the molecule is Nc1ccccc1CN[C@H](CO)c1ccccc1. The van der Waals surface area contributed by atoms with Gasteiger partial charge in [0.15, 0.2) is 0 Å². The molecule has 0 unspecified atom stereocenters. The van der Waals surface area contributed by atoms with Crippen LogP contribution in [0.15, 0.2) is 54.6 Å². The number of rotatable bonds is 5. The molecule has 2 rings (SSSR count). The van der Waals surface area contributed by atoms with E-state index in [0.29, 0.717) is 6.54 Å². The van der Waals surface area contributed by atoms with Gasteiger partial charge in [-0.1, -0.05) is 48.5 Å². The highest BCUT2D eigenvalue weighted by Crippen LogP contribution is 2.15. The van der Waals surface area contributed by atoms with E-state index in [1.54, 1.807) is 0 Å². The molecule has 0 aliphatic heterocycles. The maximum atomic E-state index is 9.43. The second-order valence-electron chi connectivity index (χ2n) is 4.23. The molecular weight excluding hydrogens is 224 g/mol. The third-order valence-electron chi connectivity index (χ3n) is 2.98. The largest absolute Gasteiger partial charge is 0.398 e. The van der Waals surface area contributed by atoms with E-state index in [0.717, 1.165) is 16.8 Å². The lowest BCUT2D eigenvalue weighted by atomic mass is 10.1. The lowest BCUT2D eigenvalue weighted by Crippen LogP contribution is -2.24. The van der Waals surface area contributed by atoms with Crippen molar-refractivity contribution >= 4 is 5.69 Å². The Kier molecular flexibility index (Phi) is 4.34. The zero-order chi connectivity index (χ0) is 12.8. The first-order valence-corrected chi connectivity index (χ1v) is 6.04. The Morgan fingerprint density at radius 1 is 1.00 bits per heavy atom. The number of hydrogen-bond acceptors (Lipinski definition) is 3. The molecule has 0 bridgehead atoms. The van der Waals surface area contributed by atoms with E-state index in [-0.39, 0.29) is 12.6 Å². The fourth-order valence-corrected chi connectivity index (χ4v) is 1.90. The van der Waals surface area contributed by atoms with E-state index in [1.165, 1.54) is 0 Å². The van der Waals surface area contributed by atoms with E-state index in [4.69, 9.17) is 5.73 Å². The lowest BCUT2D eigenvalue weighted by molar-refractivity contribution is 0.243. The molecule has 94 valence electrons. The maximum absolute atomic E-state index is 9.43. The van der Waals surface area contributed by atoms with Gasteiger partial charge in [0.1, 0.15) is 0 Å². The van der Waals surface area contributed by atoms with Crippen LogP contribution in [0.5, 0.6) is 0 Å². The molecule has 3 heteroatoms. The van der Waals surface area contributed by atoms with Gasteiger partial charge in [0.05, 0.1) is 12.6 Å². The van der Waals surface area contributed by atoms with Gasteiger partial charge in [-0.25, -0.2) is 0 Å². The van der Waals surface area contributed by atoms with Crippen molar-refractivity contribution in [2.75, 3.05) is 12.3 Å². The van der Waals surface area contributed by atoms with Crippen LogP contribution in [0, 0.1) is 0 Å². The summed E-state index contributed by atoms with van der Waals surface area (Å²) in [5, 5.41) is 12.7. The van der Waals surface area contributed by atoms with Gasteiger partial charge in [0, 0.05) is 12.2 Å². The van der Waals surface area contributed by atoms with Crippen molar-refractivity contribution in [3.8, 4) is 0 Å². The first kappa shape index (κ1) is 12.6. The van der Waals surface area contributed by atoms with Crippen LogP contribution in [0.1, 0.15) is 17.2 Å². The zero-order valence-electron chi connectivity index (χ0n) is 10.2. The van der Waals surface area contributed by atoms with Crippen molar-refractivity contribution in [3.63, 3.8) is 0 Å². The van der Waals surface area contributed by atoms with Gasteiger partial charge in [0.25, 0.3) is 0 Å². The number of aliphatic hydroxyl groups excluding tert-OH is 1. The van der Waals surface area contributed by atoms with Gasteiger partial charge >= 0.3 is 0 Å². The Balaban J connectivity index is 2.02. The molecule has 4 N–H and O–H groups in total. The summed E-state index contributed by atoms with van der Waals surface area (Å²) in [4.78, 5) is 0. The number of benzene rings is 2. The van der Waals surface area contributed by atoms with Crippen molar-refractivity contribution < 1.29 is 5.11 Å². The molecule has 0 saturated carbocycles. The third kappa shape index (κ3) is 3.09. The van der Waals surface area contributed by atoms with Gasteiger partial charge in [-0.15, -0.1) is 0 Å². The molecule has 0 saturated heterocycles. The van der Waals surface area contributed by atoms with Crippen molar-refractivity contribution in [2.45, 2.75) is 12.6 Å². The fraction of sp³-hybridized carbons (Fsp3) is 0.200. The number of nitrogen functional groups attached to an aromatic ring is 1. The number of nitrogens with one attached hydrogen (secondary N) is 1. The molecule has 2 aromatic rings. The summed E-state index contributed by atoms with van der Waals surface area (Å²) < 4.78 is 0. The highest BCUT2D eigenvalue weighted by Gasteiger charge is 2.09. The molecule has 0 aliphatic rings. The summed E-state index contributed by atoms with van der Waals surface area (Å²) in [6.07, 6.45) is 0. The predicted molar refractivity (Wildman–Crippen MR) is 74.0 cm³/mol. The van der Waals surface area contributed by atoms with Crippen LogP contribution in [0.25, 0.3) is 0 Å². The smallest absolute Gasteiger partial charge is 0.0626 e. The van der Waals surface area contributed by atoms with Crippen LogP contribution in [-0.4, -0.2) is 11.7 Å². The Bertz CT molecular complexity index is 485. The normalized spacial score (nSPS) is 12.3. The van der Waals surface area contributed by atoms with Crippen molar-refractivity contribution in [1.29, 1.82) is 0 Å². The number of hydrogen-bond donors (Lipinski definition) is 3. The fourth-order valence-electron chi connectivity index (χ4n) is 1.90. The first-order valence-electron chi connectivity index (χ1n) is 6.04. The highest BCUT2D eigenvalue weighted by molar-refractivity contribution is 5.46. The summed E-state index contributed by atoms with van der Waals surface area (Å²) in [5.74, 6) is 0. The van der Waals surface area contributed by atoms with Gasteiger partial charge in [0.2, 0.25) is 0 Å². The van der Waals surface area contributed by atoms with Crippen LogP contribution >= 0.6 is 0 Å². The van der Waals surface area contributed by atoms with Crippen LogP contribution in [0.4, 0.5) is 5.69 Å². The molecular formula is C15H18N2O. The summed E-state index contributed by atoms with van der Waals surface area (Å²) in [7, 11) is 0. The van der Waals surface area contributed by atoms with E-state index < -0.39 is 0 Å². The molecule has 0 spiro atoms. The second kappa shape index (κ2) is 6.19. The lowest BCUT2D eigenvalue weighted by Gasteiger charge is -2.17. The molecule has 0 aliphatic carbocycles. The van der Waals surface area contributed by atoms with Crippen molar-refractivity contribution in [1.82, 2.24) is 5.32 Å². The Morgan fingerprint density at radius 2 is 1.67 bits per heavy atom. The number of aliphatic hydroxyl groups is 1. The zero-order valence-corrected chi connectivity index (χ0v) is 10.2. The summed E-state index contributed by atoms with van der Waals surface area (Å²) in [5.41, 5.74) is 8.78. The Labute approximate surface area is 107 Å². The van der Waals surface area contributed by atoms with Crippen LogP contribution in [0.3, 0.4) is 0 Å². The molecule has 18 heavy (non-hydrogen) atoms. The van der Waals surface area contributed by atoms with E-state index in [9.17, 15) is 5.11 Å². The minimum Gasteiger partial charge on any atom is -0.398 e. The van der Waals surface area contributed by atoms with Crippen molar-refractivity contribution in [2.24, 2.45) is 0 Å². The van der Waals surface area contributed by atoms with Gasteiger partial charge in [-0.05, 0) is 17.2 Å². The van der Waals surface area contributed by atoms with Crippen LogP contribution < -0.4 is 11.1 Å². The minimum absolute atomic E-state index is 0.0641. The van der Waals surface area contributed by atoms with Crippen LogP contribution in [0.2, 0.25) is 0 Å². The van der Waals surface area contributed by atoms with E-state index in [2.05, 4.69) is 5.32 Å². The Morgan fingerprint density at radius 3 is 2.33 bits per heavy atom. The molecule has 2 aromatic carbocycles. The number of nitrogens with two attached hydrogens (primary N) is 1. The Hall–Kier alpha value is -1.84. The standard InChI is InChI=1S/C15H18N2O/c16-14-9-5-4-8-13(14)10-17-15(11-18)12-6-2-1-3-7-12/h1-9,15,17-18H,10-11,16H2/t15-/m1/s1. The van der Waals surface area contributed by atoms with Gasteiger partial charge in [-0.2, -0.15) is 0 Å². The predicted octanol–water partition coefficient (Wildman–Crippen LogP) is 2.09. The van der Waals surface area contributed by atoms with Gasteiger partial charge in [-0.3, -0.25) is 0 Å². The molecule has 0 amide bonds. The minimum atomic E-state index is -0.0641. The summed E-state index contributed by atoms with van der Waals surface area (Å²) in [6.45, 7) is 0.712. The topological polar surface area (TPSA) is 58.3 Å². The second-order valence-corrected chi connectivity index (χ2v) is 4.23. The third-order valence-corrected chi connectivity index (χ3v) is 2.98. The molecule has 0 aromatic heterocycles. The average molecular weight is 242 g/mol. The first-order chi connectivity index (χ1) is 8.81. The van der Waals surface area contributed by atoms with Crippen molar-refractivity contribution in [3.05, 3.63) is 65.7 Å². The quantitative estimate of drug-likeness (QED) is 0.704. The molecule has 0 fully saturated rings. The highest BCUT2D eigenvalue weighted by atomic mass is 16.3. The van der Waals surface area contributed by atoms with Gasteiger partial charge < -0.3 is 16.2 Å². The number of anilines is 1. The van der Waals surface area contributed by atoms with E-state index in [1.807, 2.05) is 54.6 Å². The summed E-state index contributed by atoms with van der Waals surface area (Å²) in [6, 6.07) is 17.6. The maximum Gasteiger partial charge on any atom is 0.0626 e. The molecule has 1 atom stereocenters. The molecule has 3 nitrogen and oxygen atoms in total. The monoisotopic (exact) mass is 242 g/mol.